The van der Waals surface area contributed by atoms with Crippen molar-refractivity contribution >= 4 is 23.6 Å². The van der Waals surface area contributed by atoms with Gasteiger partial charge in [0.25, 0.3) is 5.91 Å². The van der Waals surface area contributed by atoms with Gasteiger partial charge >= 0.3 is 0 Å². The van der Waals surface area contributed by atoms with Crippen LogP contribution in [0.4, 0.5) is 0 Å². The molecule has 41 heavy (non-hydrogen) atoms. The quantitative estimate of drug-likeness (QED) is 0.577. The second-order valence-electron chi connectivity index (χ2n) is 11.2. The fourth-order valence-electron chi connectivity index (χ4n) is 5.52. The first-order valence-electron chi connectivity index (χ1n) is 14.5. The number of fused-ring (bicyclic) bond motifs is 2. The van der Waals surface area contributed by atoms with E-state index in [9.17, 15) is 19.2 Å². The molecule has 4 amide bonds. The van der Waals surface area contributed by atoms with E-state index in [1.807, 2.05) is 24.3 Å². The van der Waals surface area contributed by atoms with Crippen LogP contribution < -0.4 is 15.4 Å². The van der Waals surface area contributed by atoms with Crippen molar-refractivity contribution in [2.75, 3.05) is 39.8 Å². The average molecular weight is 564 g/mol. The number of amides is 4. The molecule has 1 saturated heterocycles. The van der Waals surface area contributed by atoms with Gasteiger partial charge in [-0.3, -0.25) is 19.2 Å². The monoisotopic (exact) mass is 563 g/mol. The Morgan fingerprint density at radius 3 is 2.61 bits per heavy atom. The number of aromatic nitrogens is 1. The summed E-state index contributed by atoms with van der Waals surface area (Å²) in [5.41, 5.74) is 1.02. The zero-order valence-corrected chi connectivity index (χ0v) is 24.3. The van der Waals surface area contributed by atoms with Crippen molar-refractivity contribution in [2.24, 2.45) is 5.92 Å². The van der Waals surface area contributed by atoms with E-state index in [-0.39, 0.29) is 30.8 Å². The van der Waals surface area contributed by atoms with Gasteiger partial charge in [0.15, 0.2) is 0 Å². The van der Waals surface area contributed by atoms with E-state index >= 15 is 0 Å². The van der Waals surface area contributed by atoms with Gasteiger partial charge in [-0.2, -0.15) is 0 Å². The topological polar surface area (TPSA) is 121 Å². The van der Waals surface area contributed by atoms with Crippen LogP contribution in [0.25, 0.3) is 0 Å². The summed E-state index contributed by atoms with van der Waals surface area (Å²) in [5, 5.41) is 6.10. The third-order valence-corrected chi connectivity index (χ3v) is 7.83. The second kappa shape index (κ2) is 13.6. The Bertz CT molecular complexity index is 1250. The SMILES string of the molecule is COc1ccc(C(=O)N2CCCCNC(=O)C3(CCCc4ccccc43)NC(=O)CN(CCC(C)C)C(=O)C2)cn1. The second-order valence-corrected chi connectivity index (χ2v) is 11.2. The Kier molecular flexibility index (Phi) is 9.96. The third-order valence-electron chi connectivity index (χ3n) is 7.83. The predicted octanol–water partition coefficient (Wildman–Crippen LogP) is 2.67. The predicted molar refractivity (Wildman–Crippen MR) is 154 cm³/mol. The molecule has 1 atom stereocenters. The van der Waals surface area contributed by atoms with E-state index in [2.05, 4.69) is 29.5 Å². The summed E-state index contributed by atoms with van der Waals surface area (Å²) in [7, 11) is 1.50. The van der Waals surface area contributed by atoms with Crippen molar-refractivity contribution in [3.63, 3.8) is 0 Å². The number of carbonyl (C=O) groups excluding carboxylic acids is 4. The summed E-state index contributed by atoms with van der Waals surface area (Å²) in [6.45, 7) is 4.83. The van der Waals surface area contributed by atoms with E-state index in [1.165, 1.54) is 23.1 Å². The van der Waals surface area contributed by atoms with Gasteiger partial charge in [-0.15, -0.1) is 0 Å². The Morgan fingerprint density at radius 1 is 1.07 bits per heavy atom. The largest absolute Gasteiger partial charge is 0.481 e. The van der Waals surface area contributed by atoms with Crippen molar-refractivity contribution in [1.82, 2.24) is 25.4 Å². The number of nitrogens with one attached hydrogen (secondary N) is 2. The maximum atomic E-state index is 13.8. The Hall–Kier alpha value is -3.95. The highest BCUT2D eigenvalue weighted by Crippen LogP contribution is 2.36. The smallest absolute Gasteiger partial charge is 0.255 e. The molecule has 0 bridgehead atoms. The Labute approximate surface area is 241 Å². The molecule has 1 aliphatic carbocycles. The van der Waals surface area contributed by atoms with Gasteiger partial charge in [0.2, 0.25) is 23.6 Å². The van der Waals surface area contributed by atoms with Crippen LogP contribution in [-0.4, -0.2) is 78.2 Å². The molecular formula is C31H41N5O5. The highest BCUT2D eigenvalue weighted by molar-refractivity contribution is 5.97. The molecule has 1 aromatic carbocycles. The van der Waals surface area contributed by atoms with Crippen molar-refractivity contribution in [1.29, 1.82) is 0 Å². The first kappa shape index (κ1) is 30.0. The number of methoxy groups -OCH3 is 1. The fraction of sp³-hybridized carbons (Fsp3) is 0.516. The van der Waals surface area contributed by atoms with Gasteiger partial charge in [-0.05, 0) is 61.6 Å². The number of ether oxygens (including phenoxy) is 1. The minimum absolute atomic E-state index is 0.156. The van der Waals surface area contributed by atoms with Crippen LogP contribution in [0, 0.1) is 5.92 Å². The fourth-order valence-corrected chi connectivity index (χ4v) is 5.52. The van der Waals surface area contributed by atoms with Gasteiger partial charge in [-0.25, -0.2) is 4.98 Å². The lowest BCUT2D eigenvalue weighted by Gasteiger charge is -2.39. The van der Waals surface area contributed by atoms with Crippen LogP contribution in [0.2, 0.25) is 0 Å². The lowest BCUT2D eigenvalue weighted by molar-refractivity contribution is -0.139. The van der Waals surface area contributed by atoms with E-state index < -0.39 is 11.4 Å². The molecule has 0 saturated carbocycles. The summed E-state index contributed by atoms with van der Waals surface area (Å²) in [5.74, 6) is -0.579. The summed E-state index contributed by atoms with van der Waals surface area (Å²) in [6.07, 6.45) is 5.41. The molecule has 1 aromatic heterocycles. The summed E-state index contributed by atoms with van der Waals surface area (Å²) < 4.78 is 5.10. The van der Waals surface area contributed by atoms with Crippen molar-refractivity contribution < 1.29 is 23.9 Å². The summed E-state index contributed by atoms with van der Waals surface area (Å²) in [6, 6.07) is 11.0. The van der Waals surface area contributed by atoms with E-state index in [4.69, 9.17) is 4.74 Å². The number of benzene rings is 1. The molecule has 2 heterocycles. The Morgan fingerprint density at radius 2 is 1.88 bits per heavy atom. The maximum Gasteiger partial charge on any atom is 0.255 e. The molecular weight excluding hydrogens is 522 g/mol. The number of carbonyl (C=O) groups is 4. The number of pyridine rings is 1. The molecule has 220 valence electrons. The van der Waals surface area contributed by atoms with Gasteiger partial charge in [0.1, 0.15) is 12.1 Å². The number of rotatable bonds is 5. The lowest BCUT2D eigenvalue weighted by Crippen LogP contribution is -2.60. The molecule has 2 N–H and O–H groups in total. The van der Waals surface area contributed by atoms with Crippen LogP contribution in [0.15, 0.2) is 42.6 Å². The molecule has 1 spiro atoms. The van der Waals surface area contributed by atoms with Crippen LogP contribution in [0.5, 0.6) is 5.88 Å². The first-order chi connectivity index (χ1) is 19.7. The molecule has 0 radical (unpaired) electrons. The summed E-state index contributed by atoms with van der Waals surface area (Å²) >= 11 is 0. The van der Waals surface area contributed by atoms with Crippen LogP contribution >= 0.6 is 0 Å². The minimum Gasteiger partial charge on any atom is -0.481 e. The van der Waals surface area contributed by atoms with Crippen molar-refractivity contribution in [2.45, 2.75) is 57.9 Å². The van der Waals surface area contributed by atoms with E-state index in [1.54, 1.807) is 12.1 Å². The van der Waals surface area contributed by atoms with Gasteiger partial charge in [-0.1, -0.05) is 38.1 Å². The minimum atomic E-state index is -1.19. The zero-order chi connectivity index (χ0) is 29.4. The van der Waals surface area contributed by atoms with Crippen LogP contribution in [0.3, 0.4) is 0 Å². The highest BCUT2D eigenvalue weighted by atomic mass is 16.5. The Balaban J connectivity index is 1.61. The number of hydrogen-bond acceptors (Lipinski definition) is 6. The molecule has 1 unspecified atom stereocenters. The van der Waals surface area contributed by atoms with E-state index in [0.717, 1.165) is 24.0 Å². The zero-order valence-electron chi connectivity index (χ0n) is 24.3. The van der Waals surface area contributed by atoms with Gasteiger partial charge in [0, 0.05) is 31.9 Å². The highest BCUT2D eigenvalue weighted by Gasteiger charge is 2.44. The molecule has 10 heteroatoms. The van der Waals surface area contributed by atoms with Crippen molar-refractivity contribution in [3.8, 4) is 5.88 Å². The number of aryl methyl sites for hydroxylation is 1. The lowest BCUT2D eigenvalue weighted by atomic mass is 9.75. The molecule has 1 aliphatic heterocycles. The number of hydrogen-bond donors (Lipinski definition) is 2. The summed E-state index contributed by atoms with van der Waals surface area (Å²) in [4.78, 5) is 61.6. The van der Waals surface area contributed by atoms with E-state index in [0.29, 0.717) is 62.7 Å². The van der Waals surface area contributed by atoms with Gasteiger partial charge in [0.05, 0.1) is 19.2 Å². The van der Waals surface area contributed by atoms with Gasteiger partial charge < -0.3 is 25.2 Å². The molecule has 2 aromatic rings. The molecule has 10 nitrogen and oxygen atoms in total. The van der Waals surface area contributed by atoms with Crippen LogP contribution in [0.1, 0.15) is 67.4 Å². The maximum absolute atomic E-state index is 13.8. The standard InChI is InChI=1S/C31H41N5O5/c1-22(2)14-18-35-20-26(37)34-31(15-8-10-23-9-4-5-11-25(23)31)30(40)32-16-6-7-17-36(21-28(35)38)29(39)24-12-13-27(41-3)33-19-24/h4-5,9,11-13,19,22H,6-8,10,14-18,20-21H2,1-3H3,(H,32,40)(H,34,37). The average Bonchev–Trinajstić information content (AvgIpc) is 2.97. The first-order valence-corrected chi connectivity index (χ1v) is 14.5. The normalized spacial score (nSPS) is 20.7. The van der Waals surface area contributed by atoms with Crippen LogP contribution in [-0.2, 0) is 26.3 Å². The third kappa shape index (κ3) is 7.23. The number of nitrogens with zero attached hydrogens (tertiary/aromatic N) is 3. The molecule has 2 aliphatic rings. The molecule has 4 rings (SSSR count). The van der Waals surface area contributed by atoms with Crippen molar-refractivity contribution in [3.05, 3.63) is 59.3 Å². The molecule has 1 fully saturated rings.